The lowest BCUT2D eigenvalue weighted by molar-refractivity contribution is -0.392. The maximum atomic E-state index is 14.7. The number of methoxy groups -OCH3 is 1. The number of amides is 4. The Labute approximate surface area is 332 Å². The topological polar surface area (TPSA) is 283 Å². The lowest BCUT2D eigenvalue weighted by Crippen LogP contribution is -2.43. The first-order valence-corrected chi connectivity index (χ1v) is 17.9. The SMILES string of the molecule is COc1ccc(O)c([C@H]2C3=CC[C@@H]4C(=O)N(c5cc([N+](=O)[O-])c(N(C)C)c([N+](=O)[O-])c5)C(=O)[C@@H]4[C@@H]3C[C@H]3C(=O)N(c4cc([N+](=O)[O-])c(N(C)C)c([N+](=O)[O-])c4)C(=O)[C@@H]23)c1. The number of hydrogen-bond donors (Lipinski definition) is 1. The van der Waals surface area contributed by atoms with Crippen molar-refractivity contribution in [2.24, 2.45) is 29.6 Å². The number of nitro benzene ring substituents is 4. The highest BCUT2D eigenvalue weighted by Gasteiger charge is 2.63. The first-order chi connectivity index (χ1) is 27.8. The molecule has 1 N–H and O–H groups in total. The van der Waals surface area contributed by atoms with Crippen LogP contribution in [0.4, 0.5) is 45.5 Å². The number of hydrogen-bond acceptors (Lipinski definition) is 16. The van der Waals surface area contributed by atoms with E-state index in [2.05, 4.69) is 0 Å². The molecule has 2 saturated heterocycles. The molecule has 3 fully saturated rings. The van der Waals surface area contributed by atoms with Crippen LogP contribution < -0.4 is 24.3 Å². The molecule has 3 aromatic carbocycles. The molecule has 1 saturated carbocycles. The molecule has 0 spiro atoms. The van der Waals surface area contributed by atoms with Gasteiger partial charge in [0, 0.05) is 63.9 Å². The minimum atomic E-state index is -1.32. The maximum Gasteiger partial charge on any atom is 0.301 e. The van der Waals surface area contributed by atoms with E-state index in [1.807, 2.05) is 0 Å². The van der Waals surface area contributed by atoms with Gasteiger partial charge in [-0.1, -0.05) is 11.6 Å². The zero-order valence-corrected chi connectivity index (χ0v) is 31.8. The summed E-state index contributed by atoms with van der Waals surface area (Å²) in [6, 6.07) is 7.74. The summed E-state index contributed by atoms with van der Waals surface area (Å²) in [5, 5.41) is 60.0. The highest BCUT2D eigenvalue weighted by atomic mass is 16.6. The minimum absolute atomic E-state index is 0.105. The summed E-state index contributed by atoms with van der Waals surface area (Å²) in [6.07, 6.45) is 1.28. The van der Waals surface area contributed by atoms with Crippen molar-refractivity contribution in [2.75, 3.05) is 54.9 Å². The van der Waals surface area contributed by atoms with Crippen LogP contribution in [-0.4, -0.2) is 83.7 Å². The van der Waals surface area contributed by atoms with Gasteiger partial charge in [0.25, 0.3) is 0 Å². The van der Waals surface area contributed by atoms with E-state index in [-0.39, 0.29) is 41.3 Å². The first-order valence-electron chi connectivity index (χ1n) is 17.9. The fourth-order valence-electron chi connectivity index (χ4n) is 9.27. The summed E-state index contributed by atoms with van der Waals surface area (Å²) >= 11 is 0. The van der Waals surface area contributed by atoms with Gasteiger partial charge in [-0.25, -0.2) is 9.80 Å². The molecule has 6 atom stereocenters. The standard InChI is InChI=1S/C37H34N8O14/c1-38(2)32-24(42(51)52)10-16(11-25(32)43(53)54)40-34(47)20-8-7-19-21(30(20)36(40)49)15-23-31(29(19)22-14-18(59-5)6-9-28(22)46)37(50)41(35(23)48)17-12-26(44(55)56)33(39(3)4)27(13-17)45(57)58/h6-7,9-14,20-21,23,29-31,46H,8,15H2,1-5H3/t20-,21+,23+,29+,30-,31+/m0/s1. The number of nitrogens with zero attached hydrogens (tertiary/aromatic N) is 8. The second-order valence-corrected chi connectivity index (χ2v) is 15.0. The number of anilines is 4. The van der Waals surface area contributed by atoms with E-state index in [1.165, 1.54) is 53.5 Å². The van der Waals surface area contributed by atoms with Gasteiger partial charge in [-0.05, 0) is 37.0 Å². The fraction of sp³-hybridized carbons (Fsp3) is 0.351. The number of ether oxygens (including phenoxy) is 1. The Morgan fingerprint density at radius 2 is 1.08 bits per heavy atom. The number of imide groups is 2. The lowest BCUT2D eigenvalue weighted by Gasteiger charge is -2.44. The van der Waals surface area contributed by atoms with Crippen LogP contribution in [0.2, 0.25) is 0 Å². The molecule has 2 aliphatic carbocycles. The van der Waals surface area contributed by atoms with Gasteiger partial charge in [0.15, 0.2) is 11.4 Å². The highest BCUT2D eigenvalue weighted by molar-refractivity contribution is 6.24. The Kier molecular flexibility index (Phi) is 9.52. The summed E-state index contributed by atoms with van der Waals surface area (Å²) in [5.41, 5.74) is -4.13. The summed E-state index contributed by atoms with van der Waals surface area (Å²) in [4.78, 5) is 107. The molecule has 59 heavy (non-hydrogen) atoms. The maximum absolute atomic E-state index is 14.7. The van der Waals surface area contributed by atoms with Crippen LogP contribution >= 0.6 is 0 Å². The third-order valence-corrected chi connectivity index (χ3v) is 11.5. The summed E-state index contributed by atoms with van der Waals surface area (Å²) in [7, 11) is 6.76. The number of benzene rings is 3. The number of phenols is 1. The van der Waals surface area contributed by atoms with Gasteiger partial charge in [-0.15, -0.1) is 0 Å². The van der Waals surface area contributed by atoms with Crippen LogP contribution in [0.5, 0.6) is 11.5 Å². The predicted octanol–water partition coefficient (Wildman–Crippen LogP) is 4.21. The van der Waals surface area contributed by atoms with E-state index < -0.39 is 113 Å². The van der Waals surface area contributed by atoms with Crippen molar-refractivity contribution < 1.29 is 48.7 Å². The Morgan fingerprint density at radius 3 is 1.51 bits per heavy atom. The Morgan fingerprint density at radius 1 is 0.644 bits per heavy atom. The minimum Gasteiger partial charge on any atom is -0.508 e. The molecule has 22 nitrogen and oxygen atoms in total. The Balaban J connectivity index is 1.38. The zero-order valence-electron chi connectivity index (χ0n) is 31.8. The largest absolute Gasteiger partial charge is 0.508 e. The fourth-order valence-corrected chi connectivity index (χ4v) is 9.27. The molecule has 22 heteroatoms. The van der Waals surface area contributed by atoms with Gasteiger partial charge in [-0.2, -0.15) is 0 Å². The number of nitro groups is 4. The van der Waals surface area contributed by atoms with Gasteiger partial charge in [0.1, 0.15) is 11.5 Å². The monoisotopic (exact) mass is 814 g/mol. The molecule has 7 rings (SSSR count). The van der Waals surface area contributed by atoms with Crippen LogP contribution in [0.3, 0.4) is 0 Å². The number of allylic oxidation sites excluding steroid dienone is 2. The third-order valence-electron chi connectivity index (χ3n) is 11.5. The van der Waals surface area contributed by atoms with Crippen molar-refractivity contribution >= 4 is 69.1 Å². The summed E-state index contributed by atoms with van der Waals surface area (Å²) < 4.78 is 5.40. The number of aromatic hydroxyl groups is 1. The van der Waals surface area contributed by atoms with Crippen molar-refractivity contribution in [3.8, 4) is 11.5 Å². The quantitative estimate of drug-likeness (QED) is 0.130. The number of carbonyl (C=O) groups excluding carboxylic acids is 4. The van der Waals surface area contributed by atoms with E-state index in [9.17, 15) is 64.7 Å². The van der Waals surface area contributed by atoms with Gasteiger partial charge in [-0.3, -0.25) is 59.6 Å². The number of phenolic OH excluding ortho intramolecular Hbond substituents is 1. The van der Waals surface area contributed by atoms with Crippen LogP contribution in [-0.2, 0) is 19.2 Å². The molecule has 3 aromatic rings. The Hall–Kier alpha value is -7.52. The summed E-state index contributed by atoms with van der Waals surface area (Å²) in [5.74, 6) is -10.7. The van der Waals surface area contributed by atoms with E-state index in [0.29, 0.717) is 15.4 Å². The molecule has 306 valence electrons. The van der Waals surface area contributed by atoms with Crippen molar-refractivity contribution in [1.29, 1.82) is 0 Å². The Bertz CT molecular complexity index is 2410. The van der Waals surface area contributed by atoms with Crippen molar-refractivity contribution in [2.45, 2.75) is 18.8 Å². The molecule has 4 aliphatic rings. The number of rotatable bonds is 10. The highest BCUT2D eigenvalue weighted by Crippen LogP contribution is 2.60. The van der Waals surface area contributed by atoms with Crippen LogP contribution in [0.15, 0.2) is 54.1 Å². The van der Waals surface area contributed by atoms with Gasteiger partial charge in [0.2, 0.25) is 23.6 Å². The molecule has 0 aromatic heterocycles. The van der Waals surface area contributed by atoms with Crippen LogP contribution in [0.25, 0.3) is 0 Å². The second kappa shape index (κ2) is 14.1. The van der Waals surface area contributed by atoms with E-state index >= 15 is 0 Å². The van der Waals surface area contributed by atoms with Crippen LogP contribution in [0.1, 0.15) is 24.3 Å². The van der Waals surface area contributed by atoms with Crippen molar-refractivity contribution in [3.05, 3.63) is 100 Å². The van der Waals surface area contributed by atoms with E-state index in [1.54, 1.807) is 6.08 Å². The lowest BCUT2D eigenvalue weighted by atomic mass is 9.57. The second-order valence-electron chi connectivity index (χ2n) is 15.0. The molecule has 2 aliphatic heterocycles. The molecule has 0 unspecified atom stereocenters. The third kappa shape index (κ3) is 6.01. The average Bonchev–Trinajstić information content (AvgIpc) is 3.59. The van der Waals surface area contributed by atoms with Gasteiger partial charge >= 0.3 is 22.7 Å². The number of carbonyl (C=O) groups is 4. The van der Waals surface area contributed by atoms with Crippen molar-refractivity contribution in [1.82, 2.24) is 0 Å². The molecular formula is C37H34N8O14. The molecule has 2 heterocycles. The van der Waals surface area contributed by atoms with E-state index in [4.69, 9.17) is 4.74 Å². The molecule has 0 bridgehead atoms. The molecule has 0 radical (unpaired) electrons. The number of fused-ring (bicyclic) bond motifs is 4. The van der Waals surface area contributed by atoms with Crippen LogP contribution in [0, 0.1) is 70.0 Å². The van der Waals surface area contributed by atoms with Gasteiger partial charge < -0.3 is 19.6 Å². The average molecular weight is 815 g/mol. The predicted molar refractivity (Wildman–Crippen MR) is 205 cm³/mol. The zero-order chi connectivity index (χ0) is 43.1. The normalized spacial score (nSPS) is 23.3. The molecular weight excluding hydrogens is 780 g/mol. The van der Waals surface area contributed by atoms with Crippen molar-refractivity contribution in [3.63, 3.8) is 0 Å². The van der Waals surface area contributed by atoms with Gasteiger partial charge in [0.05, 0.1) is 61.8 Å². The summed E-state index contributed by atoms with van der Waals surface area (Å²) in [6.45, 7) is 0. The molecule has 4 amide bonds. The first kappa shape index (κ1) is 39.7. The van der Waals surface area contributed by atoms with E-state index in [0.717, 1.165) is 34.1 Å². The smallest absolute Gasteiger partial charge is 0.301 e.